The van der Waals surface area contributed by atoms with Gasteiger partial charge in [0.1, 0.15) is 23.4 Å². The monoisotopic (exact) mass is 509 g/mol. The van der Waals surface area contributed by atoms with Crippen LogP contribution in [-0.4, -0.2) is 75.9 Å². The average molecular weight is 510 g/mol. The topological polar surface area (TPSA) is 154 Å². The van der Waals surface area contributed by atoms with Gasteiger partial charge in [0.25, 0.3) is 0 Å². The number of phenols is 1. The zero-order valence-corrected chi connectivity index (χ0v) is 22.1. The molecule has 36 heavy (non-hydrogen) atoms. The first-order chi connectivity index (χ1) is 16.6. The first kappa shape index (κ1) is 30.7. The molecule has 0 fully saturated rings. The van der Waals surface area contributed by atoms with E-state index >= 15 is 0 Å². The van der Waals surface area contributed by atoms with E-state index in [1.54, 1.807) is 60.6 Å². The van der Waals surface area contributed by atoms with E-state index in [9.17, 15) is 29.4 Å². The Bertz CT molecular complexity index is 921. The van der Waals surface area contributed by atoms with Crippen LogP contribution in [0.25, 0.3) is 0 Å². The second kappa shape index (κ2) is 13.1. The number of benzene rings is 1. The highest BCUT2D eigenvalue weighted by atomic mass is 16.6. The first-order valence-electron chi connectivity index (χ1n) is 11.8. The van der Waals surface area contributed by atoms with Gasteiger partial charge in [-0.15, -0.1) is 0 Å². The van der Waals surface area contributed by atoms with Crippen molar-refractivity contribution in [3.63, 3.8) is 0 Å². The Labute approximate surface area is 212 Å². The normalized spacial score (nSPS) is 13.2. The molecule has 2 unspecified atom stereocenters. The van der Waals surface area contributed by atoms with Crippen LogP contribution in [0.5, 0.6) is 5.75 Å². The van der Waals surface area contributed by atoms with Crippen molar-refractivity contribution in [3.05, 3.63) is 29.8 Å². The SMILES string of the molecule is CCOC(=O)CCNC(=O)C(c1ccccc1O)N(C(=O)C(CO)NC(=O)OC(C)(C)C)C(C)(C)C. The number of aromatic hydroxyl groups is 1. The number of carbonyl (C=O) groups is 4. The lowest BCUT2D eigenvalue weighted by Gasteiger charge is -2.42. The van der Waals surface area contributed by atoms with Crippen LogP contribution in [0.2, 0.25) is 0 Å². The number of nitrogens with zero attached hydrogens (tertiary/aromatic N) is 1. The van der Waals surface area contributed by atoms with E-state index in [4.69, 9.17) is 9.47 Å². The number of phenolic OH excluding ortho intramolecular Hbond substituents is 1. The Morgan fingerprint density at radius 3 is 2.17 bits per heavy atom. The summed E-state index contributed by atoms with van der Waals surface area (Å²) < 4.78 is 10.1. The number of para-hydroxylation sites is 1. The molecule has 0 aliphatic heterocycles. The van der Waals surface area contributed by atoms with Crippen LogP contribution >= 0.6 is 0 Å². The minimum absolute atomic E-state index is 0.0620. The van der Waals surface area contributed by atoms with Crippen molar-refractivity contribution in [2.75, 3.05) is 19.8 Å². The van der Waals surface area contributed by atoms with Crippen molar-refractivity contribution in [1.82, 2.24) is 15.5 Å². The van der Waals surface area contributed by atoms with E-state index in [2.05, 4.69) is 10.6 Å². The molecule has 11 nitrogen and oxygen atoms in total. The summed E-state index contributed by atoms with van der Waals surface area (Å²) in [6, 6.07) is 3.25. The van der Waals surface area contributed by atoms with Crippen LogP contribution in [0.3, 0.4) is 0 Å². The number of alkyl carbamates (subject to hydrolysis) is 1. The molecule has 0 bridgehead atoms. The van der Waals surface area contributed by atoms with Gasteiger partial charge in [-0.05, 0) is 54.5 Å². The molecule has 0 heterocycles. The molecule has 3 amide bonds. The van der Waals surface area contributed by atoms with Crippen LogP contribution < -0.4 is 10.6 Å². The standard InChI is InChI=1S/C25H39N3O8/c1-8-35-19(31)13-14-26-21(32)20(16-11-9-10-12-18(16)30)28(24(2,3)4)22(33)17(15-29)27-23(34)36-25(5,6)7/h9-12,17,20,29-30H,8,13-15H2,1-7H3,(H,26,32)(H,27,34). The minimum atomic E-state index is -1.43. The predicted octanol–water partition coefficient (Wildman–Crippen LogP) is 2.02. The summed E-state index contributed by atoms with van der Waals surface area (Å²) in [4.78, 5) is 52.3. The van der Waals surface area contributed by atoms with Crippen LogP contribution in [0.15, 0.2) is 24.3 Å². The van der Waals surface area contributed by atoms with Crippen molar-refractivity contribution >= 4 is 23.9 Å². The van der Waals surface area contributed by atoms with Crippen molar-refractivity contribution < 1.29 is 38.9 Å². The molecule has 1 aromatic rings. The zero-order valence-electron chi connectivity index (χ0n) is 22.1. The van der Waals surface area contributed by atoms with Crippen molar-refractivity contribution in [2.45, 2.75) is 78.1 Å². The molecule has 0 aliphatic carbocycles. The summed E-state index contributed by atoms with van der Waals surface area (Å²) in [7, 11) is 0. The van der Waals surface area contributed by atoms with E-state index in [-0.39, 0.29) is 30.9 Å². The lowest BCUT2D eigenvalue weighted by atomic mass is 9.95. The molecule has 4 N–H and O–H groups in total. The molecule has 0 radical (unpaired) electrons. The van der Waals surface area contributed by atoms with Gasteiger partial charge < -0.3 is 35.2 Å². The summed E-state index contributed by atoms with van der Waals surface area (Å²) in [6.07, 6.45) is -1.00. The fraction of sp³-hybridized carbons (Fsp3) is 0.600. The largest absolute Gasteiger partial charge is 0.508 e. The van der Waals surface area contributed by atoms with E-state index in [1.165, 1.54) is 17.0 Å². The van der Waals surface area contributed by atoms with E-state index < -0.39 is 53.7 Å². The van der Waals surface area contributed by atoms with E-state index in [0.717, 1.165) is 0 Å². The van der Waals surface area contributed by atoms with Gasteiger partial charge in [-0.3, -0.25) is 14.4 Å². The maximum atomic E-state index is 13.7. The number of esters is 1. The van der Waals surface area contributed by atoms with E-state index in [0.29, 0.717) is 0 Å². The third kappa shape index (κ3) is 9.37. The van der Waals surface area contributed by atoms with Crippen LogP contribution in [0.4, 0.5) is 4.79 Å². The number of aliphatic hydroxyl groups is 1. The van der Waals surface area contributed by atoms with Crippen molar-refractivity contribution in [3.8, 4) is 5.75 Å². The molecule has 1 aromatic carbocycles. The average Bonchev–Trinajstić information content (AvgIpc) is 2.74. The van der Waals surface area contributed by atoms with Gasteiger partial charge in [-0.1, -0.05) is 18.2 Å². The lowest BCUT2D eigenvalue weighted by Crippen LogP contribution is -2.59. The highest BCUT2D eigenvalue weighted by molar-refractivity contribution is 5.93. The second-order valence-corrected chi connectivity index (χ2v) is 10.1. The molecule has 1 rings (SSSR count). The molecule has 0 spiro atoms. The predicted molar refractivity (Wildman–Crippen MR) is 132 cm³/mol. The summed E-state index contributed by atoms with van der Waals surface area (Å²) in [5.74, 6) is -2.17. The fourth-order valence-electron chi connectivity index (χ4n) is 3.38. The number of nitrogens with one attached hydrogen (secondary N) is 2. The molecule has 0 aliphatic rings. The maximum Gasteiger partial charge on any atom is 0.408 e. The summed E-state index contributed by atoms with van der Waals surface area (Å²) >= 11 is 0. The van der Waals surface area contributed by atoms with Crippen LogP contribution in [-0.2, 0) is 23.9 Å². The Morgan fingerprint density at radius 2 is 1.67 bits per heavy atom. The number of carbonyl (C=O) groups excluding carboxylic acids is 4. The van der Waals surface area contributed by atoms with Gasteiger partial charge in [0.2, 0.25) is 11.8 Å². The van der Waals surface area contributed by atoms with Crippen LogP contribution in [0.1, 0.15) is 66.5 Å². The van der Waals surface area contributed by atoms with Gasteiger partial charge in [-0.25, -0.2) is 4.79 Å². The lowest BCUT2D eigenvalue weighted by molar-refractivity contribution is -0.149. The van der Waals surface area contributed by atoms with Gasteiger partial charge in [-0.2, -0.15) is 0 Å². The summed E-state index contributed by atoms with van der Waals surface area (Å²) in [6.45, 7) is 11.0. The Morgan fingerprint density at radius 1 is 1.06 bits per heavy atom. The first-order valence-corrected chi connectivity index (χ1v) is 11.8. The number of amides is 3. The zero-order chi connectivity index (χ0) is 27.7. The highest BCUT2D eigenvalue weighted by Gasteiger charge is 2.42. The number of rotatable bonds is 10. The highest BCUT2D eigenvalue weighted by Crippen LogP contribution is 2.34. The second-order valence-electron chi connectivity index (χ2n) is 10.1. The maximum absolute atomic E-state index is 13.7. The number of hydrogen-bond acceptors (Lipinski definition) is 8. The molecule has 2 atom stereocenters. The third-order valence-electron chi connectivity index (χ3n) is 4.80. The molecule has 0 saturated carbocycles. The van der Waals surface area contributed by atoms with Gasteiger partial charge >= 0.3 is 12.1 Å². The Hall–Kier alpha value is -3.34. The molecule has 202 valence electrons. The number of ether oxygens (including phenoxy) is 2. The van der Waals surface area contributed by atoms with Gasteiger partial charge in [0, 0.05) is 17.6 Å². The van der Waals surface area contributed by atoms with E-state index in [1.807, 2.05) is 0 Å². The molecule has 11 heteroatoms. The number of aliphatic hydroxyl groups excluding tert-OH is 1. The Balaban J connectivity index is 3.38. The van der Waals surface area contributed by atoms with Crippen molar-refractivity contribution in [2.24, 2.45) is 0 Å². The smallest absolute Gasteiger partial charge is 0.408 e. The fourth-order valence-corrected chi connectivity index (χ4v) is 3.38. The third-order valence-corrected chi connectivity index (χ3v) is 4.80. The van der Waals surface area contributed by atoms with Crippen LogP contribution in [0, 0.1) is 0 Å². The molecular weight excluding hydrogens is 470 g/mol. The summed E-state index contributed by atoms with van der Waals surface area (Å²) in [5.41, 5.74) is -1.72. The van der Waals surface area contributed by atoms with Gasteiger partial charge in [0.15, 0.2) is 0 Å². The minimum Gasteiger partial charge on any atom is -0.508 e. The number of hydrogen-bond donors (Lipinski definition) is 4. The van der Waals surface area contributed by atoms with Crippen molar-refractivity contribution in [1.29, 1.82) is 0 Å². The Kier molecular flexibility index (Phi) is 11.2. The molecule has 0 aromatic heterocycles. The molecule has 0 saturated heterocycles. The van der Waals surface area contributed by atoms with Gasteiger partial charge in [0.05, 0.1) is 19.6 Å². The quantitative estimate of drug-likeness (QED) is 0.349. The molecular formula is C25H39N3O8. The summed E-state index contributed by atoms with van der Waals surface area (Å²) in [5, 5.41) is 25.4.